The largest absolute Gasteiger partial charge is 0.463 e. The number of rotatable bonds is 11. The van der Waals surface area contributed by atoms with E-state index in [0.29, 0.717) is 6.42 Å². The lowest BCUT2D eigenvalue weighted by Crippen LogP contribution is -2.22. The van der Waals surface area contributed by atoms with E-state index in [0.717, 1.165) is 38.9 Å². The molecule has 0 radical (unpaired) electrons. The Morgan fingerprint density at radius 2 is 1.89 bits per heavy atom. The van der Waals surface area contributed by atoms with E-state index in [2.05, 4.69) is 24.3 Å². The minimum Gasteiger partial charge on any atom is -0.463 e. The summed E-state index contributed by atoms with van der Waals surface area (Å²) in [5.41, 5.74) is 0. The molecule has 108 valence electrons. The van der Waals surface area contributed by atoms with E-state index in [1.807, 2.05) is 13.8 Å². The summed E-state index contributed by atoms with van der Waals surface area (Å²) in [6, 6.07) is 0. The summed E-state index contributed by atoms with van der Waals surface area (Å²) < 4.78 is 5.21. The Bertz CT molecular complexity index is 208. The second kappa shape index (κ2) is 11.5. The molecular formula is C14H30N2O2. The highest BCUT2D eigenvalue weighted by Crippen LogP contribution is 2.02. The number of carbonyl (C=O) groups is 1. The maximum atomic E-state index is 11.4. The van der Waals surface area contributed by atoms with Gasteiger partial charge in [-0.05, 0) is 66.3 Å². The zero-order valence-electron chi connectivity index (χ0n) is 12.5. The first kappa shape index (κ1) is 17.4. The molecule has 0 saturated heterocycles. The third-order valence-corrected chi connectivity index (χ3v) is 2.85. The van der Waals surface area contributed by atoms with Crippen LogP contribution in [-0.4, -0.2) is 50.7 Å². The van der Waals surface area contributed by atoms with Crippen molar-refractivity contribution in [2.75, 3.05) is 33.7 Å². The van der Waals surface area contributed by atoms with Crippen molar-refractivity contribution < 1.29 is 9.53 Å². The van der Waals surface area contributed by atoms with Gasteiger partial charge >= 0.3 is 5.97 Å². The number of nitrogens with one attached hydrogen (secondary N) is 1. The number of carbonyl (C=O) groups excluding carboxylic acids is 1. The summed E-state index contributed by atoms with van der Waals surface area (Å²) in [6.45, 7) is 7.12. The SMILES string of the molecule is CCC(C)OC(=O)CCCCNCCCN(C)C. The van der Waals surface area contributed by atoms with Crippen LogP contribution in [0.15, 0.2) is 0 Å². The van der Waals surface area contributed by atoms with Gasteiger partial charge in [0.1, 0.15) is 0 Å². The van der Waals surface area contributed by atoms with Gasteiger partial charge in [0.25, 0.3) is 0 Å². The van der Waals surface area contributed by atoms with Crippen LogP contribution in [0.5, 0.6) is 0 Å². The summed E-state index contributed by atoms with van der Waals surface area (Å²) in [7, 11) is 4.17. The van der Waals surface area contributed by atoms with E-state index < -0.39 is 0 Å². The summed E-state index contributed by atoms with van der Waals surface area (Å²) in [5.74, 6) is -0.0584. The van der Waals surface area contributed by atoms with Crippen molar-refractivity contribution in [3.63, 3.8) is 0 Å². The van der Waals surface area contributed by atoms with Crippen LogP contribution in [0.25, 0.3) is 0 Å². The minimum absolute atomic E-state index is 0.0571. The monoisotopic (exact) mass is 258 g/mol. The van der Waals surface area contributed by atoms with Crippen molar-refractivity contribution in [3.8, 4) is 0 Å². The van der Waals surface area contributed by atoms with Crippen LogP contribution < -0.4 is 5.32 Å². The molecular weight excluding hydrogens is 228 g/mol. The third kappa shape index (κ3) is 11.9. The summed E-state index contributed by atoms with van der Waals surface area (Å²) in [5, 5.41) is 3.39. The van der Waals surface area contributed by atoms with E-state index in [9.17, 15) is 4.79 Å². The van der Waals surface area contributed by atoms with E-state index in [4.69, 9.17) is 4.74 Å². The quantitative estimate of drug-likeness (QED) is 0.455. The topological polar surface area (TPSA) is 41.6 Å². The molecule has 1 N–H and O–H groups in total. The standard InChI is InChI=1S/C14H30N2O2/c1-5-13(2)18-14(17)9-6-7-10-15-11-8-12-16(3)4/h13,15H,5-12H2,1-4H3. The molecule has 0 aromatic heterocycles. The van der Waals surface area contributed by atoms with Crippen molar-refractivity contribution in [1.82, 2.24) is 10.2 Å². The molecule has 0 heterocycles. The molecule has 4 nitrogen and oxygen atoms in total. The molecule has 4 heteroatoms. The van der Waals surface area contributed by atoms with Crippen LogP contribution in [0.2, 0.25) is 0 Å². The fraction of sp³-hybridized carbons (Fsp3) is 0.929. The average Bonchev–Trinajstić information content (AvgIpc) is 2.31. The van der Waals surface area contributed by atoms with Gasteiger partial charge in [0.2, 0.25) is 0 Å². The molecule has 0 saturated carbocycles. The minimum atomic E-state index is -0.0584. The van der Waals surface area contributed by atoms with E-state index >= 15 is 0 Å². The molecule has 0 spiro atoms. The van der Waals surface area contributed by atoms with Gasteiger partial charge in [-0.2, -0.15) is 0 Å². The molecule has 0 fully saturated rings. The molecule has 1 unspecified atom stereocenters. The predicted molar refractivity (Wildman–Crippen MR) is 75.7 cm³/mol. The highest BCUT2D eigenvalue weighted by atomic mass is 16.5. The first-order valence-corrected chi connectivity index (χ1v) is 7.11. The molecule has 0 aliphatic rings. The van der Waals surface area contributed by atoms with Gasteiger partial charge in [-0.15, -0.1) is 0 Å². The number of ether oxygens (including phenoxy) is 1. The summed E-state index contributed by atoms with van der Waals surface area (Å²) in [4.78, 5) is 13.6. The fourth-order valence-electron chi connectivity index (χ4n) is 1.53. The normalized spacial score (nSPS) is 12.7. The molecule has 18 heavy (non-hydrogen) atoms. The summed E-state index contributed by atoms with van der Waals surface area (Å²) in [6.07, 6.45) is 4.61. The second-order valence-corrected chi connectivity index (χ2v) is 5.07. The Hall–Kier alpha value is -0.610. The molecule has 0 rings (SSSR count). The van der Waals surface area contributed by atoms with Crippen LogP contribution in [0, 0.1) is 0 Å². The van der Waals surface area contributed by atoms with Crippen molar-refractivity contribution >= 4 is 5.97 Å². The number of unbranched alkanes of at least 4 members (excludes halogenated alkanes) is 1. The lowest BCUT2D eigenvalue weighted by atomic mass is 10.2. The zero-order chi connectivity index (χ0) is 13.8. The highest BCUT2D eigenvalue weighted by molar-refractivity contribution is 5.69. The van der Waals surface area contributed by atoms with Gasteiger partial charge in [-0.25, -0.2) is 0 Å². The van der Waals surface area contributed by atoms with E-state index in [1.165, 1.54) is 6.42 Å². The van der Waals surface area contributed by atoms with Crippen molar-refractivity contribution in [2.45, 2.75) is 52.1 Å². The van der Waals surface area contributed by atoms with Crippen LogP contribution in [0.4, 0.5) is 0 Å². The maximum absolute atomic E-state index is 11.4. The Kier molecular flexibility index (Phi) is 11.1. The lowest BCUT2D eigenvalue weighted by molar-refractivity contribution is -0.148. The van der Waals surface area contributed by atoms with Crippen molar-refractivity contribution in [1.29, 1.82) is 0 Å². The summed E-state index contributed by atoms with van der Waals surface area (Å²) >= 11 is 0. The Morgan fingerprint density at radius 3 is 2.50 bits per heavy atom. The highest BCUT2D eigenvalue weighted by Gasteiger charge is 2.06. The van der Waals surface area contributed by atoms with E-state index in [-0.39, 0.29) is 12.1 Å². The van der Waals surface area contributed by atoms with Crippen LogP contribution in [-0.2, 0) is 9.53 Å². The molecule has 0 aromatic rings. The molecule has 0 aromatic carbocycles. The van der Waals surface area contributed by atoms with Crippen LogP contribution in [0.3, 0.4) is 0 Å². The third-order valence-electron chi connectivity index (χ3n) is 2.85. The van der Waals surface area contributed by atoms with Crippen molar-refractivity contribution in [3.05, 3.63) is 0 Å². The van der Waals surface area contributed by atoms with Gasteiger partial charge in [0, 0.05) is 6.42 Å². The molecule has 0 aliphatic carbocycles. The van der Waals surface area contributed by atoms with Gasteiger partial charge in [0.15, 0.2) is 0 Å². The molecule has 0 bridgehead atoms. The number of esters is 1. The molecule has 1 atom stereocenters. The van der Waals surface area contributed by atoms with Gasteiger partial charge in [-0.1, -0.05) is 6.92 Å². The second-order valence-electron chi connectivity index (χ2n) is 5.07. The van der Waals surface area contributed by atoms with Crippen LogP contribution in [0.1, 0.15) is 46.0 Å². The molecule has 0 aliphatic heterocycles. The van der Waals surface area contributed by atoms with Crippen molar-refractivity contribution in [2.24, 2.45) is 0 Å². The lowest BCUT2D eigenvalue weighted by Gasteiger charge is -2.11. The predicted octanol–water partition coefficient (Wildman–Crippen LogP) is 2.04. The van der Waals surface area contributed by atoms with E-state index in [1.54, 1.807) is 0 Å². The first-order valence-electron chi connectivity index (χ1n) is 7.11. The van der Waals surface area contributed by atoms with Gasteiger partial charge < -0.3 is 15.0 Å². The van der Waals surface area contributed by atoms with Crippen LogP contribution >= 0.6 is 0 Å². The Balaban J connectivity index is 3.22. The Morgan fingerprint density at radius 1 is 1.22 bits per heavy atom. The van der Waals surface area contributed by atoms with Gasteiger partial charge in [0.05, 0.1) is 6.10 Å². The fourth-order valence-corrected chi connectivity index (χ4v) is 1.53. The zero-order valence-corrected chi connectivity index (χ0v) is 12.5. The smallest absolute Gasteiger partial charge is 0.306 e. The molecule has 0 amide bonds. The number of hydrogen-bond acceptors (Lipinski definition) is 4. The Labute approximate surface area is 112 Å². The van der Waals surface area contributed by atoms with Gasteiger partial charge in [-0.3, -0.25) is 4.79 Å². The maximum Gasteiger partial charge on any atom is 0.306 e. The first-order chi connectivity index (χ1) is 8.56. The number of hydrogen-bond donors (Lipinski definition) is 1. The average molecular weight is 258 g/mol. The number of nitrogens with zero attached hydrogens (tertiary/aromatic N) is 1.